The highest BCUT2D eigenvalue weighted by Gasteiger charge is 2.28. The summed E-state index contributed by atoms with van der Waals surface area (Å²) in [5.41, 5.74) is 0. The highest BCUT2D eigenvalue weighted by molar-refractivity contribution is 6.73. The molecule has 112 valence electrons. The molecule has 0 aromatic rings. The van der Waals surface area contributed by atoms with Crippen LogP contribution in [0.2, 0.25) is 18.1 Å². The normalized spacial score (nSPS) is 12.0. The van der Waals surface area contributed by atoms with E-state index in [-0.39, 0.29) is 12.9 Å². The Balaban J connectivity index is 3.57. The Morgan fingerprint density at radius 2 is 1.63 bits per heavy atom. The van der Waals surface area contributed by atoms with Gasteiger partial charge in [0, 0.05) is 0 Å². The number of ether oxygens (including phenoxy) is 2. The van der Waals surface area contributed by atoms with Crippen molar-refractivity contribution >= 4 is 14.3 Å². The first-order valence-corrected chi connectivity index (χ1v) is 9.32. The molecular formula is C13H25FO4Si. The van der Waals surface area contributed by atoms with Gasteiger partial charge in [0.15, 0.2) is 8.32 Å². The fourth-order valence-corrected chi connectivity index (χ4v) is 4.40. The topological polar surface area (TPSA) is 44.8 Å². The smallest absolute Gasteiger partial charge is 0.333 e. The molecule has 0 atom stereocenters. The Morgan fingerprint density at radius 3 is 2.16 bits per heavy atom. The van der Waals surface area contributed by atoms with Crippen molar-refractivity contribution in [3.05, 3.63) is 12.4 Å². The molecule has 0 aromatic heterocycles. The number of hydrogen-bond acceptors (Lipinski definition) is 4. The minimum Gasteiger partial charge on any atom is -0.460 e. The minimum absolute atomic E-state index is 0.126. The molecule has 0 bridgehead atoms. The van der Waals surface area contributed by atoms with Crippen LogP contribution in [0.4, 0.5) is 4.39 Å². The molecule has 0 rings (SSSR count). The van der Waals surface area contributed by atoms with Crippen molar-refractivity contribution < 1.29 is 23.1 Å². The Bertz CT molecular complexity index is 259. The largest absolute Gasteiger partial charge is 0.460 e. The molecular weight excluding hydrogens is 267 g/mol. The standard InChI is InChI=1S/C13H25FO4Si/c1-4-19(5-2,6-3)18-12-10-16-9-11-17-13(15)7-8-14/h7-8H,4-6,9-12H2,1-3H3. The van der Waals surface area contributed by atoms with Crippen LogP contribution in [0.1, 0.15) is 20.8 Å². The molecule has 0 N–H and O–H groups in total. The summed E-state index contributed by atoms with van der Waals surface area (Å²) >= 11 is 0. The molecule has 0 saturated carbocycles. The van der Waals surface area contributed by atoms with E-state index >= 15 is 0 Å². The van der Waals surface area contributed by atoms with Crippen molar-refractivity contribution in [2.45, 2.75) is 38.9 Å². The second kappa shape index (κ2) is 11.1. The molecule has 0 heterocycles. The van der Waals surface area contributed by atoms with Crippen LogP contribution in [0.3, 0.4) is 0 Å². The van der Waals surface area contributed by atoms with Gasteiger partial charge in [-0.1, -0.05) is 20.8 Å². The summed E-state index contributed by atoms with van der Waals surface area (Å²) in [4.78, 5) is 10.8. The van der Waals surface area contributed by atoms with Gasteiger partial charge < -0.3 is 13.9 Å². The summed E-state index contributed by atoms with van der Waals surface area (Å²) in [7, 11) is -1.53. The quantitative estimate of drug-likeness (QED) is 0.254. The van der Waals surface area contributed by atoms with Gasteiger partial charge in [0.1, 0.15) is 6.61 Å². The third-order valence-corrected chi connectivity index (χ3v) is 7.92. The monoisotopic (exact) mass is 292 g/mol. The zero-order chi connectivity index (χ0) is 14.6. The van der Waals surface area contributed by atoms with Crippen LogP contribution in [0.15, 0.2) is 12.4 Å². The van der Waals surface area contributed by atoms with Crippen molar-refractivity contribution in [3.63, 3.8) is 0 Å². The van der Waals surface area contributed by atoms with Crippen molar-refractivity contribution in [1.82, 2.24) is 0 Å². The Labute approximate surface area is 116 Å². The van der Waals surface area contributed by atoms with E-state index in [4.69, 9.17) is 9.16 Å². The number of rotatable bonds is 11. The van der Waals surface area contributed by atoms with Crippen molar-refractivity contribution in [3.8, 4) is 0 Å². The van der Waals surface area contributed by atoms with Gasteiger partial charge in [0.2, 0.25) is 0 Å². The van der Waals surface area contributed by atoms with Crippen LogP contribution < -0.4 is 0 Å². The maximum atomic E-state index is 11.6. The molecule has 0 saturated heterocycles. The van der Waals surface area contributed by atoms with E-state index in [1.54, 1.807) is 0 Å². The van der Waals surface area contributed by atoms with Crippen LogP contribution in [-0.4, -0.2) is 40.7 Å². The number of carbonyl (C=O) groups excluding carboxylic acids is 1. The van der Waals surface area contributed by atoms with Crippen molar-refractivity contribution in [1.29, 1.82) is 0 Å². The third-order valence-electron chi connectivity index (χ3n) is 3.24. The number of carbonyl (C=O) groups is 1. The van der Waals surface area contributed by atoms with Crippen LogP contribution in [0.5, 0.6) is 0 Å². The first-order chi connectivity index (χ1) is 9.14. The number of esters is 1. The highest BCUT2D eigenvalue weighted by Crippen LogP contribution is 2.21. The lowest BCUT2D eigenvalue weighted by atomic mass is 10.6. The first kappa shape index (κ1) is 18.3. The fourth-order valence-electron chi connectivity index (χ4n) is 1.78. The molecule has 0 spiro atoms. The van der Waals surface area contributed by atoms with E-state index in [1.807, 2.05) is 0 Å². The summed E-state index contributed by atoms with van der Waals surface area (Å²) < 4.78 is 27.6. The summed E-state index contributed by atoms with van der Waals surface area (Å²) in [5.74, 6) is -0.697. The van der Waals surface area contributed by atoms with Crippen molar-refractivity contribution in [2.24, 2.45) is 0 Å². The van der Waals surface area contributed by atoms with Crippen LogP contribution >= 0.6 is 0 Å². The van der Waals surface area contributed by atoms with E-state index in [2.05, 4.69) is 25.5 Å². The molecule has 0 fully saturated rings. The number of halogens is 1. The average Bonchev–Trinajstić information content (AvgIpc) is 2.43. The molecule has 0 aliphatic carbocycles. The highest BCUT2D eigenvalue weighted by atomic mass is 28.4. The van der Waals surface area contributed by atoms with Gasteiger partial charge in [-0.05, 0) is 18.1 Å². The molecule has 0 aromatic carbocycles. The average molecular weight is 292 g/mol. The molecule has 4 nitrogen and oxygen atoms in total. The Hall–Kier alpha value is -0.723. The summed E-state index contributed by atoms with van der Waals surface area (Å²) in [6.45, 7) is 8.04. The summed E-state index contributed by atoms with van der Waals surface area (Å²) in [5, 5.41) is 0. The van der Waals surface area contributed by atoms with E-state index < -0.39 is 14.3 Å². The number of hydrogen-bond donors (Lipinski definition) is 0. The van der Waals surface area contributed by atoms with E-state index in [0.717, 1.165) is 24.2 Å². The van der Waals surface area contributed by atoms with Gasteiger partial charge in [-0.25, -0.2) is 9.18 Å². The molecule has 6 heteroatoms. The third kappa shape index (κ3) is 8.13. The van der Waals surface area contributed by atoms with Crippen molar-refractivity contribution in [2.75, 3.05) is 26.4 Å². The lowest BCUT2D eigenvalue weighted by molar-refractivity contribution is -0.139. The molecule has 0 aliphatic heterocycles. The Kier molecular flexibility index (Phi) is 10.7. The van der Waals surface area contributed by atoms with Crippen LogP contribution in [-0.2, 0) is 18.7 Å². The predicted molar refractivity (Wildman–Crippen MR) is 75.2 cm³/mol. The van der Waals surface area contributed by atoms with E-state index in [9.17, 15) is 9.18 Å². The minimum atomic E-state index is -1.53. The fraction of sp³-hybridized carbons (Fsp3) is 0.769. The predicted octanol–water partition coefficient (Wildman–Crippen LogP) is 3.05. The lowest BCUT2D eigenvalue weighted by Crippen LogP contribution is -2.36. The van der Waals surface area contributed by atoms with Gasteiger partial charge in [-0.3, -0.25) is 0 Å². The van der Waals surface area contributed by atoms with E-state index in [1.165, 1.54) is 0 Å². The first-order valence-electron chi connectivity index (χ1n) is 6.79. The van der Waals surface area contributed by atoms with Gasteiger partial charge >= 0.3 is 5.97 Å². The molecule has 19 heavy (non-hydrogen) atoms. The molecule has 0 unspecified atom stereocenters. The second-order valence-electron chi connectivity index (χ2n) is 4.16. The zero-order valence-electron chi connectivity index (χ0n) is 12.1. The zero-order valence-corrected chi connectivity index (χ0v) is 13.1. The molecule has 0 aliphatic rings. The van der Waals surface area contributed by atoms with Gasteiger partial charge in [0.05, 0.1) is 32.2 Å². The lowest BCUT2D eigenvalue weighted by Gasteiger charge is -2.27. The SMILES string of the molecule is CC[Si](CC)(CC)OCCOCCOC(=O)C=CF. The van der Waals surface area contributed by atoms with Crippen LogP contribution in [0.25, 0.3) is 0 Å². The maximum Gasteiger partial charge on any atom is 0.333 e. The summed E-state index contributed by atoms with van der Waals surface area (Å²) in [6.07, 6.45) is 0.883. The van der Waals surface area contributed by atoms with E-state index in [0.29, 0.717) is 19.8 Å². The Morgan fingerprint density at radius 1 is 1.05 bits per heavy atom. The van der Waals surface area contributed by atoms with Gasteiger partial charge in [-0.15, -0.1) is 0 Å². The molecule has 0 amide bonds. The van der Waals surface area contributed by atoms with Gasteiger partial charge in [0.25, 0.3) is 0 Å². The molecule has 0 radical (unpaired) electrons. The van der Waals surface area contributed by atoms with Gasteiger partial charge in [-0.2, -0.15) is 0 Å². The second-order valence-corrected chi connectivity index (χ2v) is 8.94. The van der Waals surface area contributed by atoms with Crippen LogP contribution in [0, 0.1) is 0 Å². The maximum absolute atomic E-state index is 11.6. The summed E-state index contributed by atoms with van der Waals surface area (Å²) in [6, 6.07) is 3.35.